The van der Waals surface area contributed by atoms with E-state index in [9.17, 15) is 74.6 Å². The zero-order valence-electron chi connectivity index (χ0n) is 13.4. The summed E-state index contributed by atoms with van der Waals surface area (Å²) in [5, 5.41) is 0. The molecule has 0 aromatic heterocycles. The number of rotatable bonds is 9. The second-order valence-electron chi connectivity index (χ2n) is 5.45. The smallest absolute Gasteiger partial charge is 0.195 e. The summed E-state index contributed by atoms with van der Waals surface area (Å²) in [7, 11) is -1.77. The van der Waals surface area contributed by atoms with Gasteiger partial charge in [-0.2, -0.15) is 85.7 Å². The molecule has 0 aromatic rings. The minimum Gasteiger partial charge on any atom is -0.195 e. The van der Waals surface area contributed by atoms with Gasteiger partial charge in [0.25, 0.3) is 0 Å². The number of allylic oxidation sites excluding steroid dienone is 2. The van der Waals surface area contributed by atoms with Crippen LogP contribution in [-0.4, -0.2) is 56.5 Å². The zero-order valence-corrected chi connectivity index (χ0v) is 15.5. The Morgan fingerprint density at radius 2 is 0.800 bits per heavy atom. The Morgan fingerprint density at radius 1 is 0.500 bits per heavy atom. The maximum absolute atomic E-state index is 13.3. The first-order valence-electron chi connectivity index (χ1n) is 6.76. The van der Waals surface area contributed by atoms with Gasteiger partial charge < -0.3 is 0 Å². The molecule has 180 valence electrons. The number of alkyl halides is 17. The molecule has 0 heterocycles. The van der Waals surface area contributed by atoms with Crippen LogP contribution in [0, 0.1) is 0 Å². The molecule has 0 atom stereocenters. The predicted molar refractivity (Wildman–Crippen MR) is 69.0 cm³/mol. The lowest BCUT2D eigenvalue weighted by molar-refractivity contribution is -0.459. The van der Waals surface area contributed by atoms with Crippen LogP contribution in [0.5, 0.6) is 0 Å². The monoisotopic (exact) mass is 524 g/mol. The van der Waals surface area contributed by atoms with Crippen molar-refractivity contribution in [2.24, 2.45) is 0 Å². The summed E-state index contributed by atoms with van der Waals surface area (Å²) in [6.07, 6.45) is -9.05. The lowest BCUT2D eigenvalue weighted by Gasteiger charge is -2.42. The van der Waals surface area contributed by atoms with E-state index in [2.05, 4.69) is 0 Å². The molecule has 0 rings (SSSR count). The third-order valence-corrected chi connectivity index (χ3v) is 4.56. The fourth-order valence-electron chi connectivity index (χ4n) is 1.58. The summed E-state index contributed by atoms with van der Waals surface area (Å²) in [5.41, 5.74) is 0. The van der Waals surface area contributed by atoms with Crippen LogP contribution in [-0.2, 0) is 0 Å². The quantitative estimate of drug-likeness (QED) is 0.144. The third-order valence-electron chi connectivity index (χ3n) is 3.35. The van der Waals surface area contributed by atoms with Crippen molar-refractivity contribution in [1.29, 1.82) is 0 Å². The molecule has 0 radical (unpaired) electrons. The number of hydrogen-bond donors (Lipinski definition) is 0. The van der Waals surface area contributed by atoms with Crippen molar-refractivity contribution in [1.82, 2.24) is 0 Å². The van der Waals surface area contributed by atoms with Gasteiger partial charge in [0.05, 0.1) is 0 Å². The molecule has 30 heavy (non-hydrogen) atoms. The third kappa shape index (κ3) is 3.97. The summed E-state index contributed by atoms with van der Waals surface area (Å²) >= 11 is 5.04. The van der Waals surface area contributed by atoms with Gasteiger partial charge in [0.15, 0.2) is 0 Å². The summed E-state index contributed by atoms with van der Waals surface area (Å²) < 4.78 is 219. The van der Waals surface area contributed by atoms with E-state index in [1.807, 2.05) is 0 Å². The first-order valence-corrected chi connectivity index (χ1v) is 9.90. The van der Waals surface area contributed by atoms with Gasteiger partial charge in [0.2, 0.25) is 0 Å². The van der Waals surface area contributed by atoms with Crippen LogP contribution < -0.4 is 0 Å². The highest BCUT2D eigenvalue weighted by molar-refractivity contribution is 6.93. The van der Waals surface area contributed by atoms with E-state index in [0.717, 1.165) is 0 Å². The van der Waals surface area contributed by atoms with Crippen molar-refractivity contribution in [3.05, 3.63) is 12.2 Å². The van der Waals surface area contributed by atoms with Gasteiger partial charge in [-0.15, -0.1) is 0 Å². The average molecular weight is 525 g/mol. The zero-order chi connectivity index (χ0) is 24.8. The number of hydrogen-bond acceptors (Lipinski definition) is 0. The van der Waals surface area contributed by atoms with Gasteiger partial charge >= 0.3 is 47.6 Å². The van der Waals surface area contributed by atoms with Gasteiger partial charge in [-0.3, -0.25) is 0 Å². The van der Waals surface area contributed by atoms with E-state index in [1.165, 1.54) is 0 Å². The van der Waals surface area contributed by atoms with Crippen LogP contribution in [0.15, 0.2) is 12.2 Å². The minimum absolute atomic E-state index is 0.0775. The highest BCUT2D eigenvalue weighted by Gasteiger charge is 2.95. The van der Waals surface area contributed by atoms with E-state index in [0.29, 0.717) is 0 Å². The normalized spacial score (nSPS) is 16.9. The predicted octanol–water partition coefficient (Wildman–Crippen LogP) is 6.29. The Balaban J connectivity index is 6.62. The molecule has 19 heteroatoms. The molecule has 0 unspecified atom stereocenters. The van der Waals surface area contributed by atoms with Crippen LogP contribution in [0.3, 0.4) is 0 Å². The number of halogens is 18. The molecule has 0 bridgehead atoms. The molecule has 0 nitrogen and oxygen atoms in total. The van der Waals surface area contributed by atoms with E-state index < -0.39 is 68.6 Å². The molecule has 0 N–H and O–H groups in total. The Morgan fingerprint density at radius 3 is 1.10 bits per heavy atom. The molecular formula is C11H6ClF17Si. The Hall–Kier alpha value is -0.943. The van der Waals surface area contributed by atoms with E-state index in [4.69, 9.17) is 11.1 Å². The van der Waals surface area contributed by atoms with Gasteiger partial charge in [-0.05, 0) is 12.1 Å². The van der Waals surface area contributed by atoms with Crippen molar-refractivity contribution in [2.75, 3.05) is 0 Å². The maximum Gasteiger partial charge on any atom is 0.460 e. The van der Waals surface area contributed by atoms with Gasteiger partial charge in [0, 0.05) is 0 Å². The summed E-state index contributed by atoms with van der Waals surface area (Å²) in [6, 6.07) is -0.665. The SMILES string of the molecule is FC(F)(F)C(F)(F)C(F)(F)C(F)(F)C(F)(F)C(F)(F)C(F)(F)C(F)(F)C=CC[SiH2]Cl. The Kier molecular flexibility index (Phi) is 7.63. The highest BCUT2D eigenvalue weighted by atomic mass is 35.6. The molecule has 0 amide bonds. The van der Waals surface area contributed by atoms with Gasteiger partial charge in [-0.1, -0.05) is 6.08 Å². The van der Waals surface area contributed by atoms with Crippen LogP contribution in [0.1, 0.15) is 0 Å². The molecular weight excluding hydrogens is 519 g/mol. The molecule has 0 saturated carbocycles. The van der Waals surface area contributed by atoms with Crippen molar-refractivity contribution >= 4 is 19.9 Å². The molecule has 0 aliphatic heterocycles. The molecule has 0 aliphatic carbocycles. The van der Waals surface area contributed by atoms with Crippen molar-refractivity contribution in [3.63, 3.8) is 0 Å². The first kappa shape index (κ1) is 29.1. The topological polar surface area (TPSA) is 0 Å². The van der Waals surface area contributed by atoms with Gasteiger partial charge in [0.1, 0.15) is 8.83 Å². The van der Waals surface area contributed by atoms with Crippen LogP contribution in [0.4, 0.5) is 74.6 Å². The van der Waals surface area contributed by atoms with Crippen molar-refractivity contribution < 1.29 is 74.6 Å². The maximum atomic E-state index is 13.3. The largest absolute Gasteiger partial charge is 0.460 e. The second kappa shape index (κ2) is 7.88. The fourth-order valence-corrected chi connectivity index (χ4v) is 2.25. The van der Waals surface area contributed by atoms with Crippen LogP contribution >= 0.6 is 11.1 Å². The minimum atomic E-state index is -8.60. The standard InChI is InChI=1S/C11H6ClF17Si/c12-30-3-1-2-4(13,14)5(15,16)6(17,18)7(19,20)8(21,22)9(23,24)10(25,26)11(27,28)29/h1-2H,3,30H2. The second-order valence-corrected chi connectivity index (χ2v) is 7.54. The van der Waals surface area contributed by atoms with Crippen molar-refractivity contribution in [3.8, 4) is 0 Å². The average Bonchev–Trinajstić information content (AvgIpc) is 2.52. The van der Waals surface area contributed by atoms with Crippen LogP contribution in [0.25, 0.3) is 0 Å². The van der Waals surface area contributed by atoms with Crippen molar-refractivity contribution in [2.45, 2.75) is 53.7 Å². The highest BCUT2D eigenvalue weighted by Crippen LogP contribution is 2.64. The Bertz CT molecular complexity index is 634. The summed E-state index contributed by atoms with van der Waals surface area (Å²) in [4.78, 5) is 0. The summed E-state index contributed by atoms with van der Waals surface area (Å²) in [5.74, 6) is -56.2. The molecule has 0 aliphatic rings. The van der Waals surface area contributed by atoms with Crippen LogP contribution in [0.2, 0.25) is 6.04 Å². The molecule has 0 spiro atoms. The van der Waals surface area contributed by atoms with E-state index >= 15 is 0 Å². The lowest BCUT2D eigenvalue weighted by Crippen LogP contribution is -2.74. The molecule has 0 fully saturated rings. The first-order chi connectivity index (χ1) is 12.8. The summed E-state index contributed by atoms with van der Waals surface area (Å²) in [6.45, 7) is 0. The molecule has 0 saturated heterocycles. The fraction of sp³-hybridized carbons (Fsp3) is 0.818. The Labute approximate surface area is 161 Å². The lowest BCUT2D eigenvalue weighted by atomic mass is 9.89. The van der Waals surface area contributed by atoms with E-state index in [-0.39, 0.29) is 6.08 Å². The van der Waals surface area contributed by atoms with E-state index in [1.54, 1.807) is 0 Å². The molecule has 0 aromatic carbocycles. The van der Waals surface area contributed by atoms with Gasteiger partial charge in [-0.25, -0.2) is 0 Å².